The minimum absolute atomic E-state index is 0. The molecule has 1 aliphatic heterocycles. The smallest absolute Gasteiger partial charge is 0.191 e. The normalized spacial score (nSPS) is 17.9. The third-order valence-electron chi connectivity index (χ3n) is 6.10. The van der Waals surface area contributed by atoms with Crippen LogP contribution in [-0.2, 0) is 4.74 Å². The van der Waals surface area contributed by atoms with Crippen LogP contribution in [0.3, 0.4) is 0 Å². The van der Waals surface area contributed by atoms with Crippen LogP contribution in [-0.4, -0.2) is 38.3 Å². The van der Waals surface area contributed by atoms with Crippen molar-refractivity contribution in [2.45, 2.75) is 51.2 Å². The van der Waals surface area contributed by atoms with Crippen LogP contribution >= 0.6 is 24.0 Å². The first-order valence-corrected chi connectivity index (χ1v) is 11.0. The number of aryl methyl sites for hydroxylation is 1. The van der Waals surface area contributed by atoms with Gasteiger partial charge in [0.1, 0.15) is 0 Å². The van der Waals surface area contributed by atoms with Gasteiger partial charge in [-0.1, -0.05) is 54.6 Å². The summed E-state index contributed by atoms with van der Waals surface area (Å²) in [5.41, 5.74) is 3.85. The molecule has 1 fully saturated rings. The molecule has 5 nitrogen and oxygen atoms in total. The summed E-state index contributed by atoms with van der Waals surface area (Å²) in [6, 6.07) is 19.6. The van der Waals surface area contributed by atoms with Crippen molar-refractivity contribution < 1.29 is 4.74 Å². The van der Waals surface area contributed by atoms with Crippen LogP contribution in [0.15, 0.2) is 59.6 Å². The maximum Gasteiger partial charge on any atom is 0.191 e. The Morgan fingerprint density at radius 2 is 1.65 bits per heavy atom. The molecule has 6 heteroatoms. The zero-order valence-electron chi connectivity index (χ0n) is 19.2. The molecule has 0 amide bonds. The van der Waals surface area contributed by atoms with Crippen LogP contribution in [0.25, 0.3) is 0 Å². The van der Waals surface area contributed by atoms with Crippen molar-refractivity contribution in [3.8, 4) is 0 Å². The molecule has 1 saturated heterocycles. The maximum absolute atomic E-state index is 5.67. The van der Waals surface area contributed by atoms with Crippen molar-refractivity contribution >= 4 is 29.9 Å². The zero-order chi connectivity index (χ0) is 21.4. The Bertz CT molecular complexity index is 821. The summed E-state index contributed by atoms with van der Waals surface area (Å²) in [6.45, 7) is 8.92. The van der Waals surface area contributed by atoms with Gasteiger partial charge in [0.05, 0.1) is 6.04 Å². The van der Waals surface area contributed by atoms with Gasteiger partial charge in [-0.2, -0.15) is 0 Å². The summed E-state index contributed by atoms with van der Waals surface area (Å²) in [7, 11) is 1.83. The van der Waals surface area contributed by atoms with Gasteiger partial charge in [0.2, 0.25) is 0 Å². The van der Waals surface area contributed by atoms with Gasteiger partial charge in [-0.25, -0.2) is 0 Å². The highest BCUT2D eigenvalue weighted by atomic mass is 127. The quantitative estimate of drug-likeness (QED) is 0.272. The molecule has 2 unspecified atom stereocenters. The van der Waals surface area contributed by atoms with Crippen LogP contribution in [0.4, 0.5) is 0 Å². The standard InChI is InChI=1S/C25H36N4O.HI/c1-19-10-8-9-13-23(19)21(3)28-24(26-4)27-18-25(14-16-30-17-15-25)29-20(2)22-11-6-5-7-12-22;/h5-13,20-21,29H,14-18H2,1-4H3,(H2,26,27,28);1H. The van der Waals surface area contributed by atoms with E-state index in [0.717, 1.165) is 38.6 Å². The molecule has 3 N–H and O–H groups in total. The largest absolute Gasteiger partial charge is 0.381 e. The van der Waals surface area contributed by atoms with Gasteiger partial charge in [-0.15, -0.1) is 24.0 Å². The molecule has 1 aliphatic rings. The van der Waals surface area contributed by atoms with E-state index in [2.05, 4.69) is 96.3 Å². The van der Waals surface area contributed by atoms with E-state index in [4.69, 9.17) is 4.74 Å². The van der Waals surface area contributed by atoms with Gasteiger partial charge in [-0.05, 0) is 50.3 Å². The number of nitrogens with one attached hydrogen (secondary N) is 3. The summed E-state index contributed by atoms with van der Waals surface area (Å²) in [6.07, 6.45) is 1.95. The van der Waals surface area contributed by atoms with Gasteiger partial charge in [0, 0.05) is 38.4 Å². The summed E-state index contributed by atoms with van der Waals surface area (Å²) in [5.74, 6) is 0.825. The van der Waals surface area contributed by atoms with Crippen LogP contribution in [0.1, 0.15) is 55.5 Å². The molecule has 0 aliphatic carbocycles. The van der Waals surface area contributed by atoms with Crippen molar-refractivity contribution in [1.82, 2.24) is 16.0 Å². The fourth-order valence-corrected chi connectivity index (χ4v) is 4.22. The number of halogens is 1. The summed E-state index contributed by atoms with van der Waals surface area (Å²) in [4.78, 5) is 4.47. The number of guanidine groups is 1. The Morgan fingerprint density at radius 1 is 1.00 bits per heavy atom. The maximum atomic E-state index is 5.67. The molecule has 1 heterocycles. The van der Waals surface area contributed by atoms with E-state index >= 15 is 0 Å². The van der Waals surface area contributed by atoms with Crippen molar-refractivity contribution in [1.29, 1.82) is 0 Å². The first-order chi connectivity index (χ1) is 14.5. The van der Waals surface area contributed by atoms with E-state index in [1.807, 2.05) is 7.05 Å². The van der Waals surface area contributed by atoms with Gasteiger partial charge in [-0.3, -0.25) is 4.99 Å². The highest BCUT2D eigenvalue weighted by Crippen LogP contribution is 2.25. The minimum Gasteiger partial charge on any atom is -0.381 e. The number of hydrogen-bond donors (Lipinski definition) is 3. The molecule has 0 radical (unpaired) electrons. The number of hydrogen-bond acceptors (Lipinski definition) is 3. The van der Waals surface area contributed by atoms with Crippen LogP contribution in [0.2, 0.25) is 0 Å². The van der Waals surface area contributed by atoms with E-state index in [1.165, 1.54) is 16.7 Å². The Morgan fingerprint density at radius 3 is 2.29 bits per heavy atom. The van der Waals surface area contributed by atoms with Crippen molar-refractivity contribution in [3.05, 3.63) is 71.3 Å². The third kappa shape index (κ3) is 7.19. The summed E-state index contributed by atoms with van der Waals surface area (Å²) >= 11 is 0. The monoisotopic (exact) mass is 536 g/mol. The predicted octanol–water partition coefficient (Wildman–Crippen LogP) is 4.74. The lowest BCUT2D eigenvalue weighted by Crippen LogP contribution is -2.58. The highest BCUT2D eigenvalue weighted by Gasteiger charge is 2.34. The average molecular weight is 537 g/mol. The molecule has 2 aromatic carbocycles. The number of aliphatic imine (C=N–C) groups is 1. The first kappa shape index (κ1) is 25.6. The molecule has 0 spiro atoms. The lowest BCUT2D eigenvalue weighted by atomic mass is 9.88. The van der Waals surface area contributed by atoms with E-state index in [0.29, 0.717) is 0 Å². The Kier molecular flexibility index (Phi) is 10.3. The molecular formula is C25H37IN4O. The molecular weight excluding hydrogens is 499 g/mol. The molecule has 2 aromatic rings. The second-order valence-electron chi connectivity index (χ2n) is 8.32. The molecule has 31 heavy (non-hydrogen) atoms. The van der Waals surface area contributed by atoms with E-state index in [1.54, 1.807) is 0 Å². The first-order valence-electron chi connectivity index (χ1n) is 11.0. The zero-order valence-corrected chi connectivity index (χ0v) is 21.5. The van der Waals surface area contributed by atoms with Crippen LogP contribution < -0.4 is 16.0 Å². The van der Waals surface area contributed by atoms with E-state index in [9.17, 15) is 0 Å². The average Bonchev–Trinajstić information content (AvgIpc) is 2.78. The molecule has 0 saturated carbocycles. The summed E-state index contributed by atoms with van der Waals surface area (Å²) < 4.78 is 5.67. The second-order valence-corrected chi connectivity index (χ2v) is 8.32. The Balaban J connectivity index is 0.00000341. The van der Waals surface area contributed by atoms with Gasteiger partial charge in [0.15, 0.2) is 5.96 Å². The predicted molar refractivity (Wildman–Crippen MR) is 140 cm³/mol. The fourth-order valence-electron chi connectivity index (χ4n) is 4.22. The van der Waals surface area contributed by atoms with Crippen molar-refractivity contribution in [3.63, 3.8) is 0 Å². The fraction of sp³-hybridized carbons (Fsp3) is 0.480. The van der Waals surface area contributed by atoms with Gasteiger partial charge >= 0.3 is 0 Å². The van der Waals surface area contributed by atoms with Crippen molar-refractivity contribution in [2.24, 2.45) is 4.99 Å². The Hall–Kier alpha value is -1.64. The lowest BCUT2D eigenvalue weighted by molar-refractivity contribution is 0.0354. The topological polar surface area (TPSA) is 57.7 Å². The molecule has 2 atom stereocenters. The number of nitrogens with zero attached hydrogens (tertiary/aromatic N) is 1. The number of ether oxygens (including phenoxy) is 1. The second kappa shape index (κ2) is 12.4. The molecule has 3 rings (SSSR count). The molecule has 0 aromatic heterocycles. The van der Waals surface area contributed by atoms with E-state index in [-0.39, 0.29) is 41.6 Å². The third-order valence-corrected chi connectivity index (χ3v) is 6.10. The van der Waals surface area contributed by atoms with Gasteiger partial charge in [0.25, 0.3) is 0 Å². The van der Waals surface area contributed by atoms with Gasteiger partial charge < -0.3 is 20.7 Å². The van der Waals surface area contributed by atoms with Crippen LogP contribution in [0.5, 0.6) is 0 Å². The highest BCUT2D eigenvalue weighted by molar-refractivity contribution is 14.0. The lowest BCUT2D eigenvalue weighted by Gasteiger charge is -2.41. The SMILES string of the molecule is CN=C(NCC1(NC(C)c2ccccc2)CCOCC1)NC(C)c1ccccc1C.I. The summed E-state index contributed by atoms with van der Waals surface area (Å²) in [5, 5.41) is 11.0. The molecule has 170 valence electrons. The van der Waals surface area contributed by atoms with Crippen LogP contribution in [0, 0.1) is 6.92 Å². The minimum atomic E-state index is -0.0307. The van der Waals surface area contributed by atoms with E-state index < -0.39 is 0 Å². The molecule has 0 bridgehead atoms. The van der Waals surface area contributed by atoms with Crippen molar-refractivity contribution in [2.75, 3.05) is 26.8 Å². The Labute approximate surface area is 204 Å². The number of benzene rings is 2. The number of rotatable bonds is 7.